The first-order valence-corrected chi connectivity index (χ1v) is 13.8. The normalized spacial score (nSPS) is 12.4. The molecule has 1 heterocycles. The van der Waals surface area contributed by atoms with Crippen molar-refractivity contribution in [1.82, 2.24) is 9.71 Å². The molecule has 0 aliphatic heterocycles. The number of nitrogen functional groups attached to an aromatic ring is 2. The van der Waals surface area contributed by atoms with Crippen LogP contribution in [-0.2, 0) is 29.4 Å². The molecule has 0 fully saturated rings. The lowest BCUT2D eigenvalue weighted by Crippen LogP contribution is -2.23. The van der Waals surface area contributed by atoms with Gasteiger partial charge in [0.2, 0.25) is 10.0 Å². The van der Waals surface area contributed by atoms with Crippen LogP contribution in [0, 0.1) is 0 Å². The van der Waals surface area contributed by atoms with E-state index >= 15 is 0 Å². The van der Waals surface area contributed by atoms with Gasteiger partial charge in [-0.25, -0.2) is 18.1 Å². The number of aliphatic imine (C=N–C) groups is 1. The maximum atomic E-state index is 11.3. The maximum absolute atomic E-state index is 11.3. The second-order valence-electron chi connectivity index (χ2n) is 8.79. The minimum absolute atomic E-state index is 0.282. The van der Waals surface area contributed by atoms with Crippen LogP contribution >= 0.6 is 0 Å². The van der Waals surface area contributed by atoms with Crippen LogP contribution in [0.2, 0.25) is 0 Å². The van der Waals surface area contributed by atoms with E-state index in [0.29, 0.717) is 44.6 Å². The minimum atomic E-state index is -3.19. The third-order valence-electron chi connectivity index (χ3n) is 5.86. The van der Waals surface area contributed by atoms with Gasteiger partial charge >= 0.3 is 0 Å². The molecule has 0 spiro atoms. The van der Waals surface area contributed by atoms with Gasteiger partial charge in [-0.15, -0.1) is 0 Å². The summed E-state index contributed by atoms with van der Waals surface area (Å²) in [7, 11) is -3.19. The van der Waals surface area contributed by atoms with Gasteiger partial charge in [0.25, 0.3) is 0 Å². The molecule has 8 nitrogen and oxygen atoms in total. The van der Waals surface area contributed by atoms with E-state index in [1.54, 1.807) is 0 Å². The van der Waals surface area contributed by atoms with E-state index in [-0.39, 0.29) is 5.82 Å². The molecule has 0 atom stereocenters. The molecule has 0 saturated heterocycles. The molecule has 3 rings (SSSR count). The fourth-order valence-corrected chi connectivity index (χ4v) is 4.46. The number of aryl methyl sites for hydroxylation is 1. The Morgan fingerprint density at radius 2 is 1.71 bits per heavy atom. The first-order chi connectivity index (χ1) is 16.7. The number of benzene rings is 2. The summed E-state index contributed by atoms with van der Waals surface area (Å²) in [6, 6.07) is 14.3. The van der Waals surface area contributed by atoms with Crippen LogP contribution in [0.25, 0.3) is 10.9 Å². The zero-order valence-electron chi connectivity index (χ0n) is 20.5. The van der Waals surface area contributed by atoms with Gasteiger partial charge in [-0.1, -0.05) is 49.7 Å². The van der Waals surface area contributed by atoms with E-state index in [2.05, 4.69) is 28.8 Å². The monoisotopic (exact) mass is 496 g/mol. The average Bonchev–Trinajstić information content (AvgIpc) is 2.82. The number of rotatable bonds is 12. The van der Waals surface area contributed by atoms with E-state index < -0.39 is 10.0 Å². The number of hydrogen-bond donors (Lipinski definition) is 4. The first-order valence-electron chi connectivity index (χ1n) is 12.0. The Morgan fingerprint density at radius 3 is 2.37 bits per heavy atom. The van der Waals surface area contributed by atoms with E-state index in [9.17, 15) is 8.42 Å². The quantitative estimate of drug-likeness (QED) is 0.223. The third-order valence-corrected chi connectivity index (χ3v) is 6.59. The Labute approximate surface area is 208 Å². The number of hydrogen-bond acceptors (Lipinski definition) is 7. The van der Waals surface area contributed by atoms with Crippen LogP contribution in [0.5, 0.6) is 0 Å². The van der Waals surface area contributed by atoms with E-state index in [0.717, 1.165) is 58.0 Å². The summed E-state index contributed by atoms with van der Waals surface area (Å²) in [5, 5.41) is 0.906. The van der Waals surface area contributed by atoms with E-state index in [4.69, 9.17) is 22.2 Å². The molecule has 0 amide bonds. The SMILES string of the molecule is CCCCN=C(Cc1ccc(CN)cc1)c1c(N)c(N)nc2cc(CCCNS(C)(=O)=O)ccc12. The number of pyridine rings is 1. The lowest BCUT2D eigenvalue weighted by atomic mass is 9.95. The van der Waals surface area contributed by atoms with Gasteiger partial charge in [0, 0.05) is 42.7 Å². The highest BCUT2D eigenvalue weighted by molar-refractivity contribution is 7.88. The fourth-order valence-electron chi connectivity index (χ4n) is 3.94. The number of unbranched alkanes of at least 4 members (excludes halogenated alkanes) is 1. The Balaban J connectivity index is 1.96. The summed E-state index contributed by atoms with van der Waals surface area (Å²) in [6.07, 6.45) is 5.21. The Kier molecular flexibility index (Phi) is 9.20. The average molecular weight is 497 g/mol. The second-order valence-corrected chi connectivity index (χ2v) is 10.6. The standard InChI is InChI=1S/C26H36N6O2S/c1-3-4-13-30-23(16-19-7-9-20(17-27)10-8-19)24-21-12-11-18(6-5-14-31-35(2,33)34)15-22(21)32-26(29)25(24)28/h7-12,15,31H,3-6,13-14,16-17,27-28H2,1-2H3,(H2,29,32). The molecule has 7 N–H and O–H groups in total. The van der Waals surface area contributed by atoms with Crippen molar-refractivity contribution in [1.29, 1.82) is 0 Å². The van der Waals surface area contributed by atoms with Crippen molar-refractivity contribution in [3.8, 4) is 0 Å². The number of nitrogens with one attached hydrogen (secondary N) is 1. The van der Waals surface area contributed by atoms with Gasteiger partial charge < -0.3 is 17.2 Å². The zero-order chi connectivity index (χ0) is 25.4. The van der Waals surface area contributed by atoms with Crippen molar-refractivity contribution >= 4 is 38.1 Å². The van der Waals surface area contributed by atoms with Crippen molar-refractivity contribution in [2.45, 2.75) is 45.6 Å². The molecule has 0 bridgehead atoms. The number of aromatic nitrogens is 1. The Bertz CT molecular complexity index is 1290. The molecule has 2 aromatic carbocycles. The molecule has 0 saturated carbocycles. The van der Waals surface area contributed by atoms with E-state index in [1.165, 1.54) is 0 Å². The van der Waals surface area contributed by atoms with Crippen LogP contribution in [0.15, 0.2) is 47.5 Å². The highest BCUT2D eigenvalue weighted by Crippen LogP contribution is 2.30. The second kappa shape index (κ2) is 12.1. The maximum Gasteiger partial charge on any atom is 0.208 e. The lowest BCUT2D eigenvalue weighted by Gasteiger charge is -2.16. The predicted octanol–water partition coefficient (Wildman–Crippen LogP) is 3.17. The highest BCUT2D eigenvalue weighted by atomic mass is 32.2. The summed E-state index contributed by atoms with van der Waals surface area (Å²) < 4.78 is 25.1. The van der Waals surface area contributed by atoms with Crippen LogP contribution < -0.4 is 21.9 Å². The number of nitrogens with two attached hydrogens (primary N) is 3. The highest BCUT2D eigenvalue weighted by Gasteiger charge is 2.17. The van der Waals surface area contributed by atoms with Crippen LogP contribution in [-0.4, -0.2) is 38.5 Å². The van der Waals surface area contributed by atoms with Crippen LogP contribution in [0.1, 0.15) is 48.4 Å². The lowest BCUT2D eigenvalue weighted by molar-refractivity contribution is 0.585. The number of anilines is 2. The van der Waals surface area contributed by atoms with Crippen molar-refractivity contribution < 1.29 is 8.42 Å². The van der Waals surface area contributed by atoms with Gasteiger partial charge in [-0.3, -0.25) is 4.99 Å². The van der Waals surface area contributed by atoms with Crippen molar-refractivity contribution in [3.63, 3.8) is 0 Å². The summed E-state index contributed by atoms with van der Waals surface area (Å²) in [5.41, 5.74) is 24.6. The Morgan fingerprint density at radius 1 is 1.03 bits per heavy atom. The van der Waals surface area contributed by atoms with Gasteiger partial charge in [0.1, 0.15) is 5.82 Å². The molecule has 35 heavy (non-hydrogen) atoms. The molecule has 0 aliphatic carbocycles. The number of nitrogens with zero attached hydrogens (tertiary/aromatic N) is 2. The fraction of sp³-hybridized carbons (Fsp3) is 0.385. The summed E-state index contributed by atoms with van der Waals surface area (Å²) in [6.45, 7) is 3.74. The topological polar surface area (TPSA) is 149 Å². The van der Waals surface area contributed by atoms with Crippen LogP contribution in [0.4, 0.5) is 11.5 Å². The van der Waals surface area contributed by atoms with Gasteiger partial charge in [0.05, 0.1) is 17.5 Å². The molecule has 3 aromatic rings. The molecular weight excluding hydrogens is 460 g/mol. The van der Waals surface area contributed by atoms with E-state index in [1.807, 2.05) is 30.3 Å². The molecule has 0 unspecified atom stereocenters. The summed E-state index contributed by atoms with van der Waals surface area (Å²) in [4.78, 5) is 9.49. The number of sulfonamides is 1. The van der Waals surface area contributed by atoms with Crippen molar-refractivity contribution in [3.05, 3.63) is 64.7 Å². The first kappa shape index (κ1) is 26.6. The predicted molar refractivity (Wildman–Crippen MR) is 146 cm³/mol. The minimum Gasteiger partial charge on any atom is -0.395 e. The van der Waals surface area contributed by atoms with Gasteiger partial charge in [0.15, 0.2) is 0 Å². The van der Waals surface area contributed by atoms with Crippen LogP contribution in [0.3, 0.4) is 0 Å². The molecule has 188 valence electrons. The number of fused-ring (bicyclic) bond motifs is 1. The van der Waals surface area contributed by atoms with Crippen molar-refractivity contribution in [2.75, 3.05) is 30.8 Å². The summed E-state index contributed by atoms with van der Waals surface area (Å²) in [5.74, 6) is 0.282. The Hall–Kier alpha value is -3.01. The zero-order valence-corrected chi connectivity index (χ0v) is 21.4. The molecule has 0 radical (unpaired) electrons. The van der Waals surface area contributed by atoms with Gasteiger partial charge in [-0.05, 0) is 42.0 Å². The largest absolute Gasteiger partial charge is 0.395 e. The van der Waals surface area contributed by atoms with Gasteiger partial charge in [-0.2, -0.15) is 0 Å². The summed E-state index contributed by atoms with van der Waals surface area (Å²) >= 11 is 0. The van der Waals surface area contributed by atoms with Crippen molar-refractivity contribution in [2.24, 2.45) is 10.7 Å². The molecule has 1 aromatic heterocycles. The molecular formula is C26H36N6O2S. The smallest absolute Gasteiger partial charge is 0.208 e. The third kappa shape index (κ3) is 7.48. The molecule has 9 heteroatoms. The molecule has 0 aliphatic rings.